The van der Waals surface area contributed by atoms with Gasteiger partial charge in [-0.15, -0.1) is 0 Å². The predicted octanol–water partition coefficient (Wildman–Crippen LogP) is 0.592. The molecule has 1 unspecified atom stereocenters. The van der Waals surface area contributed by atoms with E-state index in [1.54, 1.807) is 0 Å². The predicted molar refractivity (Wildman–Crippen MR) is 70.6 cm³/mol. The number of carbonyl (C=O) groups is 1. The number of esters is 1. The third kappa shape index (κ3) is 6.33. The molecule has 0 radical (unpaired) electrons. The molecule has 1 saturated heterocycles. The molecule has 1 rings (SSSR count). The van der Waals surface area contributed by atoms with Crippen LogP contribution in [0.3, 0.4) is 0 Å². The van der Waals surface area contributed by atoms with Gasteiger partial charge in [-0.1, -0.05) is 0 Å². The summed E-state index contributed by atoms with van der Waals surface area (Å²) in [7, 11) is 5.56. The zero-order valence-electron chi connectivity index (χ0n) is 11.9. The van der Waals surface area contributed by atoms with E-state index in [1.165, 1.54) is 7.11 Å². The Balaban J connectivity index is 2.32. The van der Waals surface area contributed by atoms with Crippen molar-refractivity contribution in [3.05, 3.63) is 0 Å². The van der Waals surface area contributed by atoms with E-state index in [1.807, 2.05) is 0 Å². The standard InChI is InChI=1S/C13H26N2O3/c1-14(2)8-9-15(7-6-13(16)17-3)11-12-5-4-10-18-12/h12H,4-11H2,1-3H3. The molecule has 1 fully saturated rings. The summed E-state index contributed by atoms with van der Waals surface area (Å²) in [5, 5.41) is 0. The fourth-order valence-corrected chi connectivity index (χ4v) is 2.06. The zero-order chi connectivity index (χ0) is 13.4. The average Bonchev–Trinajstić information content (AvgIpc) is 2.84. The number of hydrogen-bond acceptors (Lipinski definition) is 5. The summed E-state index contributed by atoms with van der Waals surface area (Å²) in [5.74, 6) is -0.141. The fraction of sp³-hybridized carbons (Fsp3) is 0.923. The van der Waals surface area contributed by atoms with Crippen molar-refractivity contribution in [2.45, 2.75) is 25.4 Å². The van der Waals surface area contributed by atoms with Gasteiger partial charge >= 0.3 is 5.97 Å². The molecule has 0 bridgehead atoms. The first kappa shape index (κ1) is 15.4. The Morgan fingerprint density at radius 1 is 1.33 bits per heavy atom. The molecular weight excluding hydrogens is 232 g/mol. The summed E-state index contributed by atoms with van der Waals surface area (Å²) in [6.45, 7) is 4.51. The molecule has 0 saturated carbocycles. The maximum Gasteiger partial charge on any atom is 0.306 e. The molecule has 18 heavy (non-hydrogen) atoms. The number of likely N-dealkylation sites (N-methyl/N-ethyl adjacent to an activating group) is 1. The van der Waals surface area contributed by atoms with Crippen molar-refractivity contribution in [3.8, 4) is 0 Å². The van der Waals surface area contributed by atoms with Gasteiger partial charge in [0, 0.05) is 32.8 Å². The minimum atomic E-state index is -0.141. The topological polar surface area (TPSA) is 42.0 Å². The maximum absolute atomic E-state index is 11.2. The lowest BCUT2D eigenvalue weighted by Gasteiger charge is -2.26. The zero-order valence-corrected chi connectivity index (χ0v) is 11.9. The monoisotopic (exact) mass is 258 g/mol. The van der Waals surface area contributed by atoms with Crippen molar-refractivity contribution in [3.63, 3.8) is 0 Å². The number of nitrogens with zero attached hydrogens (tertiary/aromatic N) is 2. The van der Waals surface area contributed by atoms with Gasteiger partial charge in [-0.2, -0.15) is 0 Å². The Labute approximate surface area is 110 Å². The van der Waals surface area contributed by atoms with Gasteiger partial charge < -0.3 is 14.4 Å². The lowest BCUT2D eigenvalue weighted by atomic mass is 10.2. The first-order valence-electron chi connectivity index (χ1n) is 6.67. The lowest BCUT2D eigenvalue weighted by molar-refractivity contribution is -0.141. The Kier molecular flexibility index (Phi) is 7.23. The van der Waals surface area contributed by atoms with Gasteiger partial charge in [0.2, 0.25) is 0 Å². The highest BCUT2D eigenvalue weighted by Gasteiger charge is 2.19. The summed E-state index contributed by atoms with van der Waals surface area (Å²) in [4.78, 5) is 15.7. The first-order valence-corrected chi connectivity index (χ1v) is 6.67. The molecule has 0 amide bonds. The highest BCUT2D eigenvalue weighted by atomic mass is 16.5. The van der Waals surface area contributed by atoms with E-state index < -0.39 is 0 Å². The van der Waals surface area contributed by atoms with Crippen LogP contribution >= 0.6 is 0 Å². The highest BCUT2D eigenvalue weighted by Crippen LogP contribution is 2.13. The second-order valence-electron chi connectivity index (χ2n) is 5.07. The van der Waals surface area contributed by atoms with E-state index in [9.17, 15) is 4.79 Å². The molecule has 0 aliphatic carbocycles. The Morgan fingerprint density at radius 2 is 2.11 bits per heavy atom. The molecule has 106 valence electrons. The van der Waals surface area contributed by atoms with Crippen LogP contribution in [0.25, 0.3) is 0 Å². The summed E-state index contributed by atoms with van der Waals surface area (Å²) in [5.41, 5.74) is 0. The second-order valence-corrected chi connectivity index (χ2v) is 5.07. The lowest BCUT2D eigenvalue weighted by Crippen LogP contribution is -2.38. The molecule has 0 N–H and O–H groups in total. The summed E-state index contributed by atoms with van der Waals surface area (Å²) in [6.07, 6.45) is 3.08. The normalized spacial score (nSPS) is 19.7. The molecule has 5 nitrogen and oxygen atoms in total. The summed E-state index contributed by atoms with van der Waals surface area (Å²) >= 11 is 0. The maximum atomic E-state index is 11.2. The number of ether oxygens (including phenoxy) is 2. The third-order valence-corrected chi connectivity index (χ3v) is 3.21. The summed E-state index contributed by atoms with van der Waals surface area (Å²) in [6, 6.07) is 0. The largest absolute Gasteiger partial charge is 0.469 e. The van der Waals surface area contributed by atoms with Crippen molar-refractivity contribution in [1.29, 1.82) is 0 Å². The first-order chi connectivity index (χ1) is 8.61. The molecule has 0 aromatic heterocycles. The van der Waals surface area contributed by atoms with Gasteiger partial charge in [0.05, 0.1) is 19.6 Å². The van der Waals surface area contributed by atoms with E-state index in [2.05, 4.69) is 28.6 Å². The molecular formula is C13H26N2O3. The quantitative estimate of drug-likeness (QED) is 0.596. The van der Waals surface area contributed by atoms with Crippen molar-refractivity contribution in [1.82, 2.24) is 9.80 Å². The molecule has 1 heterocycles. The van der Waals surface area contributed by atoms with Gasteiger partial charge in [0.25, 0.3) is 0 Å². The van der Waals surface area contributed by atoms with Crippen LogP contribution in [0.4, 0.5) is 0 Å². The van der Waals surface area contributed by atoms with Crippen molar-refractivity contribution >= 4 is 5.97 Å². The van der Waals surface area contributed by atoms with Gasteiger partial charge in [0.1, 0.15) is 0 Å². The average molecular weight is 258 g/mol. The Hall–Kier alpha value is -0.650. The van der Waals surface area contributed by atoms with E-state index in [4.69, 9.17) is 4.74 Å². The van der Waals surface area contributed by atoms with Crippen molar-refractivity contribution in [2.75, 3.05) is 54.0 Å². The molecule has 0 spiro atoms. The third-order valence-electron chi connectivity index (χ3n) is 3.21. The molecule has 0 aromatic rings. The molecule has 1 aliphatic rings. The van der Waals surface area contributed by atoms with E-state index in [0.717, 1.165) is 45.6 Å². The molecule has 1 aliphatic heterocycles. The number of carbonyl (C=O) groups excluding carboxylic acids is 1. The van der Waals surface area contributed by atoms with Crippen molar-refractivity contribution < 1.29 is 14.3 Å². The smallest absolute Gasteiger partial charge is 0.306 e. The number of methoxy groups -OCH3 is 1. The SMILES string of the molecule is COC(=O)CCN(CCN(C)C)CC1CCCO1. The van der Waals surface area contributed by atoms with Crippen LogP contribution in [0.2, 0.25) is 0 Å². The van der Waals surface area contributed by atoms with Gasteiger partial charge in [0.15, 0.2) is 0 Å². The summed E-state index contributed by atoms with van der Waals surface area (Å²) < 4.78 is 10.3. The molecule has 1 atom stereocenters. The fourth-order valence-electron chi connectivity index (χ4n) is 2.06. The highest BCUT2D eigenvalue weighted by molar-refractivity contribution is 5.69. The van der Waals surface area contributed by atoms with Crippen LogP contribution in [0, 0.1) is 0 Å². The van der Waals surface area contributed by atoms with E-state index in [-0.39, 0.29) is 5.97 Å². The van der Waals surface area contributed by atoms with Gasteiger partial charge in [-0.05, 0) is 26.9 Å². The minimum Gasteiger partial charge on any atom is -0.469 e. The number of hydrogen-bond donors (Lipinski definition) is 0. The minimum absolute atomic E-state index is 0.141. The second kappa shape index (κ2) is 8.45. The van der Waals surface area contributed by atoms with Gasteiger partial charge in [-0.3, -0.25) is 9.69 Å². The van der Waals surface area contributed by atoms with Crippen LogP contribution in [0.5, 0.6) is 0 Å². The Morgan fingerprint density at radius 3 is 2.67 bits per heavy atom. The van der Waals surface area contributed by atoms with Crippen molar-refractivity contribution in [2.24, 2.45) is 0 Å². The number of rotatable bonds is 8. The van der Waals surface area contributed by atoms with Crippen LogP contribution in [-0.2, 0) is 14.3 Å². The molecule has 5 heteroatoms. The van der Waals surface area contributed by atoms with Crippen LogP contribution < -0.4 is 0 Å². The Bertz CT molecular complexity index is 240. The molecule has 0 aromatic carbocycles. The van der Waals surface area contributed by atoms with Crippen LogP contribution in [-0.4, -0.2) is 75.9 Å². The van der Waals surface area contributed by atoms with E-state index in [0.29, 0.717) is 12.5 Å². The van der Waals surface area contributed by atoms with E-state index >= 15 is 0 Å². The van der Waals surface area contributed by atoms with Crippen LogP contribution in [0.1, 0.15) is 19.3 Å². The van der Waals surface area contributed by atoms with Crippen LogP contribution in [0.15, 0.2) is 0 Å². The van der Waals surface area contributed by atoms with Gasteiger partial charge in [-0.25, -0.2) is 0 Å².